The van der Waals surface area contributed by atoms with Crippen LogP contribution in [0.4, 0.5) is 0 Å². The molecule has 1 saturated carbocycles. The minimum atomic E-state index is 0.379. The summed E-state index contributed by atoms with van der Waals surface area (Å²) < 4.78 is 2.12. The third-order valence-corrected chi connectivity index (χ3v) is 3.85. The van der Waals surface area contributed by atoms with Gasteiger partial charge in [0.25, 0.3) is 0 Å². The average molecular weight is 230 g/mol. The summed E-state index contributed by atoms with van der Waals surface area (Å²) in [6.45, 7) is 2.80. The highest BCUT2D eigenvalue weighted by atomic mass is 15.2. The van der Waals surface area contributed by atoms with E-state index in [1.165, 1.54) is 24.8 Å². The Morgan fingerprint density at radius 2 is 2.29 bits per heavy atom. The third kappa shape index (κ3) is 1.72. The molecule has 4 nitrogen and oxygen atoms in total. The molecule has 1 fully saturated rings. The molecule has 0 amide bonds. The molecule has 3 rings (SSSR count). The molecule has 2 heterocycles. The van der Waals surface area contributed by atoms with Crippen LogP contribution < -0.4 is 5.73 Å². The highest BCUT2D eigenvalue weighted by Crippen LogP contribution is 2.35. The van der Waals surface area contributed by atoms with E-state index in [0.29, 0.717) is 18.4 Å². The maximum atomic E-state index is 5.69. The zero-order valence-electron chi connectivity index (χ0n) is 10.1. The molecule has 0 saturated heterocycles. The summed E-state index contributed by atoms with van der Waals surface area (Å²) in [5, 5.41) is 8.60. The number of hydrogen-bond acceptors (Lipinski definition) is 3. The summed E-state index contributed by atoms with van der Waals surface area (Å²) >= 11 is 0. The molecule has 2 aromatic rings. The van der Waals surface area contributed by atoms with Crippen molar-refractivity contribution in [3.05, 3.63) is 29.7 Å². The first-order chi connectivity index (χ1) is 8.29. The Morgan fingerprint density at radius 3 is 2.94 bits per heavy atom. The Bertz CT molecular complexity index is 527. The van der Waals surface area contributed by atoms with Gasteiger partial charge in [-0.15, -0.1) is 10.2 Å². The molecule has 0 aromatic carbocycles. The molecule has 0 aliphatic heterocycles. The second kappa shape index (κ2) is 4.11. The van der Waals surface area contributed by atoms with Crippen molar-refractivity contribution in [3.8, 4) is 0 Å². The van der Waals surface area contributed by atoms with Gasteiger partial charge in [0, 0.05) is 12.1 Å². The van der Waals surface area contributed by atoms with E-state index in [4.69, 9.17) is 5.73 Å². The van der Waals surface area contributed by atoms with Crippen LogP contribution in [0.3, 0.4) is 0 Å². The third-order valence-electron chi connectivity index (χ3n) is 3.85. The second-order valence-electron chi connectivity index (χ2n) is 5.01. The summed E-state index contributed by atoms with van der Waals surface area (Å²) in [6, 6.07) is 4.24. The van der Waals surface area contributed by atoms with Gasteiger partial charge in [-0.2, -0.15) is 0 Å². The van der Waals surface area contributed by atoms with Crippen molar-refractivity contribution in [2.24, 2.45) is 5.73 Å². The predicted octanol–water partition coefficient (Wildman–Crippen LogP) is 2.06. The lowest BCUT2D eigenvalue weighted by atomic mass is 9.85. The minimum absolute atomic E-state index is 0.379. The molecular weight excluding hydrogens is 212 g/mol. The van der Waals surface area contributed by atoms with Crippen LogP contribution in [0.15, 0.2) is 18.3 Å². The van der Waals surface area contributed by atoms with Crippen LogP contribution in [0.25, 0.3) is 5.65 Å². The van der Waals surface area contributed by atoms with Crippen molar-refractivity contribution in [2.75, 3.05) is 6.54 Å². The fourth-order valence-corrected chi connectivity index (χ4v) is 2.31. The quantitative estimate of drug-likeness (QED) is 0.878. The molecule has 90 valence electrons. The SMILES string of the molecule is CC(CN)c1ccn2c(C3CCC3)nnc2c1. The lowest BCUT2D eigenvalue weighted by Crippen LogP contribution is -2.13. The molecule has 0 spiro atoms. The molecule has 1 unspecified atom stereocenters. The van der Waals surface area contributed by atoms with E-state index < -0.39 is 0 Å². The van der Waals surface area contributed by atoms with E-state index >= 15 is 0 Å². The number of rotatable bonds is 3. The highest BCUT2D eigenvalue weighted by molar-refractivity contribution is 5.42. The molecular formula is C13H18N4. The van der Waals surface area contributed by atoms with Crippen molar-refractivity contribution in [2.45, 2.75) is 38.0 Å². The lowest BCUT2D eigenvalue weighted by molar-refractivity contribution is 0.399. The van der Waals surface area contributed by atoms with Crippen molar-refractivity contribution in [3.63, 3.8) is 0 Å². The van der Waals surface area contributed by atoms with Crippen LogP contribution in [0.5, 0.6) is 0 Å². The van der Waals surface area contributed by atoms with E-state index in [9.17, 15) is 0 Å². The number of fused-ring (bicyclic) bond motifs is 1. The van der Waals surface area contributed by atoms with Gasteiger partial charge in [0.1, 0.15) is 5.82 Å². The van der Waals surface area contributed by atoms with E-state index in [2.05, 4.69) is 39.9 Å². The zero-order chi connectivity index (χ0) is 11.8. The Labute approximate surface area is 101 Å². The van der Waals surface area contributed by atoms with Gasteiger partial charge in [-0.05, 0) is 43.0 Å². The monoisotopic (exact) mass is 230 g/mol. The van der Waals surface area contributed by atoms with Crippen LogP contribution in [0.2, 0.25) is 0 Å². The Morgan fingerprint density at radius 1 is 1.47 bits per heavy atom. The standard InChI is InChI=1S/C13H18N4/c1-9(8-14)11-5-6-17-12(7-11)15-16-13(17)10-3-2-4-10/h5-7,9-10H,2-4,8,14H2,1H3. The molecule has 2 N–H and O–H groups in total. The first-order valence-electron chi connectivity index (χ1n) is 6.34. The van der Waals surface area contributed by atoms with Crippen molar-refractivity contribution in [1.82, 2.24) is 14.6 Å². The molecule has 4 heteroatoms. The van der Waals surface area contributed by atoms with Gasteiger partial charge in [0.05, 0.1) is 0 Å². The van der Waals surface area contributed by atoms with Gasteiger partial charge >= 0.3 is 0 Å². The number of nitrogens with two attached hydrogens (primary N) is 1. The molecule has 0 radical (unpaired) electrons. The smallest absolute Gasteiger partial charge is 0.161 e. The summed E-state index contributed by atoms with van der Waals surface area (Å²) in [5.41, 5.74) is 7.88. The second-order valence-corrected chi connectivity index (χ2v) is 5.01. The molecule has 2 aromatic heterocycles. The van der Waals surface area contributed by atoms with Crippen LogP contribution in [0.1, 0.15) is 49.4 Å². The van der Waals surface area contributed by atoms with Crippen LogP contribution in [-0.2, 0) is 0 Å². The van der Waals surface area contributed by atoms with E-state index in [0.717, 1.165) is 11.5 Å². The minimum Gasteiger partial charge on any atom is -0.330 e. The summed E-state index contributed by atoms with van der Waals surface area (Å²) in [7, 11) is 0. The average Bonchev–Trinajstić information content (AvgIpc) is 2.69. The van der Waals surface area contributed by atoms with E-state index in [1.54, 1.807) is 0 Å². The van der Waals surface area contributed by atoms with Gasteiger partial charge in [-0.25, -0.2) is 0 Å². The van der Waals surface area contributed by atoms with Gasteiger partial charge in [-0.3, -0.25) is 4.40 Å². The predicted molar refractivity (Wildman–Crippen MR) is 67.0 cm³/mol. The molecule has 1 atom stereocenters. The van der Waals surface area contributed by atoms with Gasteiger partial charge in [0.2, 0.25) is 0 Å². The number of pyridine rings is 1. The van der Waals surface area contributed by atoms with E-state index in [-0.39, 0.29) is 0 Å². The Hall–Kier alpha value is -1.42. The largest absolute Gasteiger partial charge is 0.330 e. The maximum Gasteiger partial charge on any atom is 0.161 e. The topological polar surface area (TPSA) is 56.2 Å². The summed E-state index contributed by atoms with van der Waals surface area (Å²) in [5.74, 6) is 2.12. The number of hydrogen-bond donors (Lipinski definition) is 1. The van der Waals surface area contributed by atoms with Crippen LogP contribution in [0, 0.1) is 0 Å². The number of nitrogens with zero attached hydrogens (tertiary/aromatic N) is 3. The van der Waals surface area contributed by atoms with Crippen LogP contribution >= 0.6 is 0 Å². The zero-order valence-corrected chi connectivity index (χ0v) is 10.1. The highest BCUT2D eigenvalue weighted by Gasteiger charge is 2.24. The molecule has 1 aliphatic carbocycles. The molecule has 0 bridgehead atoms. The Balaban J connectivity index is 2.01. The fraction of sp³-hybridized carbons (Fsp3) is 0.538. The van der Waals surface area contributed by atoms with Crippen LogP contribution in [-0.4, -0.2) is 21.1 Å². The van der Waals surface area contributed by atoms with Crippen molar-refractivity contribution < 1.29 is 0 Å². The summed E-state index contributed by atoms with van der Waals surface area (Å²) in [6.07, 6.45) is 5.91. The lowest BCUT2D eigenvalue weighted by Gasteiger charge is -2.23. The Kier molecular flexibility index (Phi) is 2.59. The van der Waals surface area contributed by atoms with Gasteiger partial charge < -0.3 is 5.73 Å². The normalized spacial score (nSPS) is 18.2. The first-order valence-corrected chi connectivity index (χ1v) is 6.34. The maximum absolute atomic E-state index is 5.69. The number of aromatic nitrogens is 3. The van der Waals surface area contributed by atoms with Gasteiger partial charge in [0.15, 0.2) is 5.65 Å². The first kappa shape index (κ1) is 10.7. The summed E-state index contributed by atoms with van der Waals surface area (Å²) in [4.78, 5) is 0. The fourth-order valence-electron chi connectivity index (χ4n) is 2.31. The molecule has 17 heavy (non-hydrogen) atoms. The van der Waals surface area contributed by atoms with Gasteiger partial charge in [-0.1, -0.05) is 13.3 Å². The van der Waals surface area contributed by atoms with Crippen molar-refractivity contribution in [1.29, 1.82) is 0 Å². The van der Waals surface area contributed by atoms with E-state index in [1.807, 2.05) is 0 Å². The molecule has 1 aliphatic rings. The van der Waals surface area contributed by atoms with Crippen molar-refractivity contribution >= 4 is 5.65 Å².